The maximum atomic E-state index is 12.7. The number of aromatic nitrogens is 4. The van der Waals surface area contributed by atoms with E-state index in [4.69, 9.17) is 9.97 Å². The minimum absolute atomic E-state index is 0.0405. The molecule has 1 unspecified atom stereocenters. The Kier molecular flexibility index (Phi) is 3.62. The Hall–Kier alpha value is -3.64. The van der Waals surface area contributed by atoms with E-state index in [0.717, 1.165) is 50.4 Å². The van der Waals surface area contributed by atoms with Gasteiger partial charge in [-0.05, 0) is 71.8 Å². The van der Waals surface area contributed by atoms with E-state index in [1.165, 1.54) is 17.3 Å². The lowest BCUT2D eigenvalue weighted by atomic mass is 9.89. The Balaban J connectivity index is 1.64. The first-order valence-electron chi connectivity index (χ1n) is 10.6. The largest absolute Gasteiger partial charge is 0.355 e. The van der Waals surface area contributed by atoms with Crippen LogP contribution in [0.25, 0.3) is 46.4 Å². The number of aromatic amines is 1. The molecule has 5 nitrogen and oxygen atoms in total. The molecule has 154 valence electrons. The number of hydrogen-bond acceptors (Lipinski definition) is 4. The molecule has 0 spiro atoms. The van der Waals surface area contributed by atoms with Crippen LogP contribution in [-0.4, -0.2) is 24.6 Å². The summed E-state index contributed by atoms with van der Waals surface area (Å²) < 4.78 is 2.19. The van der Waals surface area contributed by atoms with Gasteiger partial charge in [-0.15, -0.1) is 0 Å². The summed E-state index contributed by atoms with van der Waals surface area (Å²) in [4.78, 5) is 25.8. The molecule has 0 aromatic carbocycles. The van der Waals surface area contributed by atoms with E-state index < -0.39 is 0 Å². The quantitative estimate of drug-likeness (QED) is 0.321. The van der Waals surface area contributed by atoms with Gasteiger partial charge < -0.3 is 9.55 Å². The number of hydrogen-bond donors (Lipinski definition) is 1. The van der Waals surface area contributed by atoms with Crippen LogP contribution in [-0.2, 0) is 11.8 Å². The van der Waals surface area contributed by atoms with Gasteiger partial charge in [-0.2, -0.15) is 0 Å². The molecule has 2 atom stereocenters. The molecule has 0 fully saturated rings. The zero-order valence-corrected chi connectivity index (χ0v) is 18.1. The van der Waals surface area contributed by atoms with Crippen molar-refractivity contribution < 1.29 is 4.79 Å². The topological polar surface area (TPSA) is 63.6 Å². The van der Waals surface area contributed by atoms with Crippen molar-refractivity contribution in [1.82, 2.24) is 19.5 Å². The first-order valence-corrected chi connectivity index (χ1v) is 11.5. The van der Waals surface area contributed by atoms with Gasteiger partial charge in [0.15, 0.2) is 0 Å². The van der Waals surface area contributed by atoms with Crippen molar-refractivity contribution in [3.63, 3.8) is 0 Å². The molecule has 32 heavy (non-hydrogen) atoms. The summed E-state index contributed by atoms with van der Waals surface area (Å²) in [6.07, 6.45) is 12.4. The monoisotopic (exact) mass is 434 g/mol. The fourth-order valence-electron chi connectivity index (χ4n) is 4.95. The Labute approximate surface area is 188 Å². The average molecular weight is 435 g/mol. The van der Waals surface area contributed by atoms with Crippen LogP contribution in [0.2, 0.25) is 0 Å². The number of carbonyl (C=O) groups is 1. The summed E-state index contributed by atoms with van der Waals surface area (Å²) in [5.41, 5.74) is 10.1. The zero-order valence-electron chi connectivity index (χ0n) is 17.2. The normalized spacial score (nSPS) is 20.2. The van der Waals surface area contributed by atoms with Crippen molar-refractivity contribution in [3.8, 4) is 0 Å². The van der Waals surface area contributed by atoms with E-state index in [1.807, 2.05) is 42.5 Å². The van der Waals surface area contributed by atoms with Gasteiger partial charge in [0.05, 0.1) is 33.9 Å². The Bertz CT molecular complexity index is 1600. The fourth-order valence-corrected chi connectivity index (χ4v) is 6.07. The highest BCUT2D eigenvalue weighted by atomic mass is 32.2. The van der Waals surface area contributed by atoms with E-state index in [9.17, 15) is 4.79 Å². The van der Waals surface area contributed by atoms with Crippen LogP contribution in [0.15, 0.2) is 48.6 Å². The van der Waals surface area contributed by atoms with Gasteiger partial charge in [0.1, 0.15) is 0 Å². The van der Waals surface area contributed by atoms with Crippen molar-refractivity contribution in [2.75, 3.05) is 0 Å². The third-order valence-corrected chi connectivity index (χ3v) is 7.54. The third kappa shape index (κ3) is 2.63. The summed E-state index contributed by atoms with van der Waals surface area (Å²) in [7, 11) is 2.07. The minimum Gasteiger partial charge on any atom is -0.355 e. The number of nitrogens with one attached hydrogen (secondary N) is 1. The molecule has 1 N–H and O–H groups in total. The summed E-state index contributed by atoms with van der Waals surface area (Å²) in [5, 5.41) is 0.261. The van der Waals surface area contributed by atoms with Crippen LogP contribution in [0, 0.1) is 0 Å². The Morgan fingerprint density at radius 3 is 1.97 bits per heavy atom. The third-order valence-electron chi connectivity index (χ3n) is 6.41. The van der Waals surface area contributed by atoms with Gasteiger partial charge in [-0.25, -0.2) is 9.97 Å². The lowest BCUT2D eigenvalue weighted by molar-refractivity contribution is -0.111. The molecule has 5 aliphatic rings. The summed E-state index contributed by atoms with van der Waals surface area (Å²) in [5.74, 6) is -0.212. The average Bonchev–Trinajstić information content (AvgIpc) is 3.55. The molecule has 7 heterocycles. The molecule has 0 saturated heterocycles. The lowest BCUT2D eigenvalue weighted by Crippen LogP contribution is -2.20. The number of nitrogens with zero attached hydrogens (tertiary/aromatic N) is 3. The van der Waals surface area contributed by atoms with Gasteiger partial charge in [-0.3, -0.25) is 4.79 Å². The van der Waals surface area contributed by atoms with Gasteiger partial charge in [-0.1, -0.05) is 23.9 Å². The predicted molar refractivity (Wildman–Crippen MR) is 131 cm³/mol. The molecule has 3 aromatic rings. The number of carbonyl (C=O) groups excluding carboxylic acids is 1. The van der Waals surface area contributed by atoms with Gasteiger partial charge in [0.25, 0.3) is 0 Å². The van der Waals surface area contributed by atoms with Crippen LogP contribution >= 0.6 is 11.8 Å². The Morgan fingerprint density at radius 1 is 0.812 bits per heavy atom. The molecule has 0 amide bonds. The number of H-pyrrole nitrogens is 1. The molecular formula is C26H18N4OS. The van der Waals surface area contributed by atoms with Crippen molar-refractivity contribution in [2.45, 2.75) is 11.2 Å². The summed E-state index contributed by atoms with van der Waals surface area (Å²) >= 11 is 1.43. The molecule has 0 saturated carbocycles. The van der Waals surface area contributed by atoms with Crippen molar-refractivity contribution in [1.29, 1.82) is 0 Å². The minimum atomic E-state index is -0.212. The van der Waals surface area contributed by atoms with E-state index in [1.54, 1.807) is 0 Å². The highest BCUT2D eigenvalue weighted by Gasteiger charge is 2.39. The highest BCUT2D eigenvalue weighted by Crippen LogP contribution is 2.52. The molecule has 6 heteroatoms. The smallest absolute Gasteiger partial charge is 0.201 e. The first-order chi connectivity index (χ1) is 15.6. The first kappa shape index (κ1) is 18.0. The zero-order chi connectivity index (χ0) is 21.4. The van der Waals surface area contributed by atoms with Crippen LogP contribution in [0.4, 0.5) is 0 Å². The van der Waals surface area contributed by atoms with E-state index in [2.05, 4.69) is 46.9 Å². The van der Waals surface area contributed by atoms with Crippen molar-refractivity contribution >= 4 is 63.2 Å². The van der Waals surface area contributed by atoms with Crippen LogP contribution in [0.1, 0.15) is 45.1 Å². The number of aryl methyl sites for hydroxylation is 1. The van der Waals surface area contributed by atoms with E-state index >= 15 is 0 Å². The van der Waals surface area contributed by atoms with Crippen LogP contribution < -0.4 is 0 Å². The number of rotatable bonds is 0. The molecule has 10 bridgehead atoms. The summed E-state index contributed by atoms with van der Waals surface area (Å²) in [6.45, 7) is 0. The molecule has 1 aliphatic carbocycles. The number of thioether (sulfide) groups is 1. The fraction of sp³-hybridized carbons (Fsp3) is 0.115. The van der Waals surface area contributed by atoms with Gasteiger partial charge in [0, 0.05) is 29.1 Å². The van der Waals surface area contributed by atoms with Crippen molar-refractivity contribution in [2.24, 2.45) is 7.05 Å². The van der Waals surface area contributed by atoms with Gasteiger partial charge >= 0.3 is 0 Å². The molecule has 4 aliphatic heterocycles. The molecule has 3 aromatic heterocycles. The number of allylic oxidation sites excluding steroid dienone is 1. The lowest BCUT2D eigenvalue weighted by Gasteiger charge is -2.29. The second kappa shape index (κ2) is 6.43. The van der Waals surface area contributed by atoms with Gasteiger partial charge in [0.2, 0.25) is 5.12 Å². The second-order valence-corrected chi connectivity index (χ2v) is 9.56. The second-order valence-electron chi connectivity index (χ2n) is 8.41. The maximum absolute atomic E-state index is 12.7. The highest BCUT2D eigenvalue weighted by molar-refractivity contribution is 8.14. The molecular weight excluding hydrogens is 416 g/mol. The maximum Gasteiger partial charge on any atom is 0.201 e. The number of fused-ring (bicyclic) bond motifs is 9. The van der Waals surface area contributed by atoms with E-state index in [-0.39, 0.29) is 16.3 Å². The van der Waals surface area contributed by atoms with Crippen molar-refractivity contribution in [3.05, 3.63) is 82.5 Å². The Morgan fingerprint density at radius 2 is 1.38 bits per heavy atom. The van der Waals surface area contributed by atoms with E-state index in [0.29, 0.717) is 0 Å². The molecule has 8 rings (SSSR count). The summed E-state index contributed by atoms with van der Waals surface area (Å²) in [6, 6.07) is 12.4. The van der Waals surface area contributed by atoms with Crippen LogP contribution in [0.5, 0.6) is 0 Å². The van der Waals surface area contributed by atoms with Crippen LogP contribution in [0.3, 0.4) is 0 Å². The predicted octanol–water partition coefficient (Wildman–Crippen LogP) is 5.63. The standard InChI is InChI=1S/C26H18N4OS/c1-30-21-12-18-6-4-16(28-18)10-14-2-3-15(27-14)11-17-5-7-19(29-17)13-22(30)25-23-9-8-20(24(21)25)26(31)32-23/h2-13,20,23,27H,1H3/t20-,23?/m0/s1. The SMILES string of the molecule is Cn1c2cc3nc(cc4ccc(cc5nc(cc1c1c2C2C=C[C@@H]1C(=O)S2)C=C5)[nH]4)C=C3. The molecule has 0 radical (unpaired) electrons.